The van der Waals surface area contributed by atoms with E-state index in [9.17, 15) is 4.79 Å². The summed E-state index contributed by atoms with van der Waals surface area (Å²) < 4.78 is 5.65. The van der Waals surface area contributed by atoms with E-state index < -0.39 is 0 Å². The second-order valence-corrected chi connectivity index (χ2v) is 4.91. The van der Waals surface area contributed by atoms with Gasteiger partial charge in [0.05, 0.1) is 13.2 Å². The molecule has 1 N–H and O–H groups in total. The molecular formula is C13H14BrNO2. The van der Waals surface area contributed by atoms with E-state index in [2.05, 4.69) is 32.1 Å². The number of halogens is 1. The minimum absolute atomic E-state index is 0.131. The Hall–Kier alpha value is -1.29. The standard InChI is InChI=1S/C13H14BrNO2/c1-17-13(16)15-12-7-4-10(12)8-9-2-5-11(14)6-3-9/h2-3,5-6,8,12H,4,7H2,1H3,(H,15,16)/b10-8-. The summed E-state index contributed by atoms with van der Waals surface area (Å²) >= 11 is 3.40. The summed E-state index contributed by atoms with van der Waals surface area (Å²) in [5.41, 5.74) is 2.40. The van der Waals surface area contributed by atoms with E-state index in [0.717, 1.165) is 22.9 Å². The van der Waals surface area contributed by atoms with Crippen molar-refractivity contribution < 1.29 is 9.53 Å². The number of methoxy groups -OCH3 is 1. The minimum atomic E-state index is -0.364. The van der Waals surface area contributed by atoms with E-state index in [4.69, 9.17) is 0 Å². The number of hydrogen-bond donors (Lipinski definition) is 1. The molecule has 1 aromatic rings. The number of rotatable bonds is 2. The zero-order valence-electron chi connectivity index (χ0n) is 9.57. The summed E-state index contributed by atoms with van der Waals surface area (Å²) in [6.45, 7) is 0. The number of benzene rings is 1. The first kappa shape index (κ1) is 12.2. The van der Waals surface area contributed by atoms with Gasteiger partial charge in [-0.25, -0.2) is 4.79 Å². The van der Waals surface area contributed by atoms with Gasteiger partial charge in [0.15, 0.2) is 0 Å². The molecule has 0 heterocycles. The first-order chi connectivity index (χ1) is 8.19. The summed E-state index contributed by atoms with van der Waals surface area (Å²) in [5.74, 6) is 0. The third-order valence-electron chi connectivity index (χ3n) is 2.87. The van der Waals surface area contributed by atoms with Gasteiger partial charge in [0.2, 0.25) is 0 Å². The van der Waals surface area contributed by atoms with Crippen LogP contribution < -0.4 is 5.32 Å². The minimum Gasteiger partial charge on any atom is -0.453 e. The van der Waals surface area contributed by atoms with Gasteiger partial charge in [-0.3, -0.25) is 0 Å². The fourth-order valence-electron chi connectivity index (χ4n) is 1.77. The van der Waals surface area contributed by atoms with E-state index in [0.29, 0.717) is 0 Å². The smallest absolute Gasteiger partial charge is 0.407 e. The molecule has 0 bridgehead atoms. The van der Waals surface area contributed by atoms with Crippen LogP contribution in [0.2, 0.25) is 0 Å². The highest BCUT2D eigenvalue weighted by molar-refractivity contribution is 9.10. The van der Waals surface area contributed by atoms with Crippen LogP contribution >= 0.6 is 15.9 Å². The summed E-state index contributed by atoms with van der Waals surface area (Å²) in [6, 6.07) is 8.24. The van der Waals surface area contributed by atoms with Crippen molar-refractivity contribution in [2.75, 3.05) is 7.11 Å². The van der Waals surface area contributed by atoms with Crippen molar-refractivity contribution in [3.8, 4) is 0 Å². The third-order valence-corrected chi connectivity index (χ3v) is 3.40. The lowest BCUT2D eigenvalue weighted by atomic mass is 9.85. The van der Waals surface area contributed by atoms with Crippen LogP contribution in [0.1, 0.15) is 18.4 Å². The maximum atomic E-state index is 11.1. The normalized spacial score (nSPS) is 20.8. The molecule has 1 amide bonds. The first-order valence-corrected chi connectivity index (χ1v) is 6.29. The lowest BCUT2D eigenvalue weighted by Crippen LogP contribution is -2.41. The van der Waals surface area contributed by atoms with Crippen LogP contribution in [0.4, 0.5) is 4.79 Å². The Kier molecular flexibility index (Phi) is 3.84. The first-order valence-electron chi connectivity index (χ1n) is 5.49. The maximum Gasteiger partial charge on any atom is 0.407 e. The zero-order chi connectivity index (χ0) is 12.3. The fourth-order valence-corrected chi connectivity index (χ4v) is 2.03. The number of hydrogen-bond acceptors (Lipinski definition) is 2. The number of ether oxygens (including phenoxy) is 1. The molecule has 1 aliphatic rings. The topological polar surface area (TPSA) is 38.3 Å². The molecule has 0 aliphatic heterocycles. The average Bonchev–Trinajstić information content (AvgIpc) is 2.33. The summed E-state index contributed by atoms with van der Waals surface area (Å²) in [6.07, 6.45) is 3.77. The van der Waals surface area contributed by atoms with Gasteiger partial charge < -0.3 is 10.1 Å². The summed E-state index contributed by atoms with van der Waals surface area (Å²) in [4.78, 5) is 11.1. The van der Waals surface area contributed by atoms with E-state index in [1.807, 2.05) is 24.3 Å². The summed E-state index contributed by atoms with van der Waals surface area (Å²) in [5, 5.41) is 2.81. The lowest BCUT2D eigenvalue weighted by molar-refractivity contribution is 0.165. The molecular weight excluding hydrogens is 282 g/mol. The molecule has 2 rings (SSSR count). The molecule has 1 aromatic carbocycles. The molecule has 1 unspecified atom stereocenters. The molecule has 1 fully saturated rings. The second kappa shape index (κ2) is 5.36. The van der Waals surface area contributed by atoms with Crippen LogP contribution in [0.3, 0.4) is 0 Å². The molecule has 4 heteroatoms. The van der Waals surface area contributed by atoms with Crippen molar-refractivity contribution in [1.82, 2.24) is 5.32 Å². The molecule has 0 spiro atoms. The Morgan fingerprint density at radius 3 is 2.71 bits per heavy atom. The second-order valence-electron chi connectivity index (χ2n) is 4.00. The van der Waals surface area contributed by atoms with Crippen molar-refractivity contribution >= 4 is 28.1 Å². The van der Waals surface area contributed by atoms with Crippen LogP contribution in [0.5, 0.6) is 0 Å². The van der Waals surface area contributed by atoms with Gasteiger partial charge in [-0.15, -0.1) is 0 Å². The van der Waals surface area contributed by atoms with Gasteiger partial charge >= 0.3 is 6.09 Å². The van der Waals surface area contributed by atoms with Crippen LogP contribution in [-0.2, 0) is 4.74 Å². The Morgan fingerprint density at radius 1 is 1.47 bits per heavy atom. The predicted octanol–water partition coefficient (Wildman–Crippen LogP) is 3.35. The molecule has 1 aliphatic carbocycles. The summed E-state index contributed by atoms with van der Waals surface area (Å²) in [7, 11) is 1.38. The van der Waals surface area contributed by atoms with Gasteiger partial charge in [0, 0.05) is 4.47 Å². The van der Waals surface area contributed by atoms with Crippen LogP contribution in [0.15, 0.2) is 34.3 Å². The maximum absolute atomic E-state index is 11.1. The van der Waals surface area contributed by atoms with Crippen LogP contribution in [-0.4, -0.2) is 19.2 Å². The van der Waals surface area contributed by atoms with Crippen molar-refractivity contribution in [2.24, 2.45) is 0 Å². The average molecular weight is 296 g/mol. The van der Waals surface area contributed by atoms with E-state index >= 15 is 0 Å². The van der Waals surface area contributed by atoms with Crippen LogP contribution in [0, 0.1) is 0 Å². The van der Waals surface area contributed by atoms with Gasteiger partial charge in [0.25, 0.3) is 0 Å². The SMILES string of the molecule is COC(=O)NC1CC/C1=C/c1ccc(Br)cc1. The lowest BCUT2D eigenvalue weighted by Gasteiger charge is -2.30. The highest BCUT2D eigenvalue weighted by Gasteiger charge is 2.25. The van der Waals surface area contributed by atoms with Gasteiger partial charge in [-0.1, -0.05) is 34.1 Å². The largest absolute Gasteiger partial charge is 0.453 e. The van der Waals surface area contributed by atoms with Crippen molar-refractivity contribution in [1.29, 1.82) is 0 Å². The van der Waals surface area contributed by atoms with Crippen molar-refractivity contribution in [3.63, 3.8) is 0 Å². The third kappa shape index (κ3) is 3.09. The van der Waals surface area contributed by atoms with Crippen molar-refractivity contribution in [2.45, 2.75) is 18.9 Å². The van der Waals surface area contributed by atoms with E-state index in [1.165, 1.54) is 12.7 Å². The Bertz CT molecular complexity index is 439. The van der Waals surface area contributed by atoms with Crippen LogP contribution in [0.25, 0.3) is 6.08 Å². The van der Waals surface area contributed by atoms with E-state index in [1.54, 1.807) is 0 Å². The highest BCUT2D eigenvalue weighted by Crippen LogP contribution is 2.29. The predicted molar refractivity (Wildman–Crippen MR) is 70.7 cm³/mol. The highest BCUT2D eigenvalue weighted by atomic mass is 79.9. The van der Waals surface area contributed by atoms with Crippen molar-refractivity contribution in [3.05, 3.63) is 39.9 Å². The molecule has 0 aromatic heterocycles. The Balaban J connectivity index is 2.02. The fraction of sp³-hybridized carbons (Fsp3) is 0.308. The molecule has 3 nitrogen and oxygen atoms in total. The number of carbonyl (C=O) groups excluding carboxylic acids is 1. The molecule has 90 valence electrons. The number of alkyl carbamates (subject to hydrolysis) is 1. The number of carbonyl (C=O) groups is 1. The van der Waals surface area contributed by atoms with Gasteiger partial charge in [0.1, 0.15) is 0 Å². The van der Waals surface area contributed by atoms with Gasteiger partial charge in [-0.2, -0.15) is 0 Å². The quantitative estimate of drug-likeness (QED) is 0.909. The molecule has 1 saturated carbocycles. The number of amides is 1. The Labute approximate surface area is 109 Å². The Morgan fingerprint density at radius 2 is 2.18 bits per heavy atom. The number of nitrogens with one attached hydrogen (secondary N) is 1. The molecule has 17 heavy (non-hydrogen) atoms. The van der Waals surface area contributed by atoms with E-state index in [-0.39, 0.29) is 12.1 Å². The zero-order valence-corrected chi connectivity index (χ0v) is 11.2. The molecule has 0 radical (unpaired) electrons. The van der Waals surface area contributed by atoms with Gasteiger partial charge in [-0.05, 0) is 36.1 Å². The molecule has 0 saturated heterocycles. The monoisotopic (exact) mass is 295 g/mol. The molecule has 1 atom stereocenters.